The number of carbonyl (C=O) groups excluding carboxylic acids is 3. The first-order chi connectivity index (χ1) is 14.0. The first-order valence-corrected chi connectivity index (χ1v) is 10.4. The number of benzene rings is 1. The number of methoxy groups -OCH3 is 1. The Bertz CT molecular complexity index is 730. The third kappa shape index (κ3) is 6.29. The number of amides is 2. The zero-order valence-corrected chi connectivity index (χ0v) is 17.3. The van der Waals surface area contributed by atoms with Crippen LogP contribution < -0.4 is 10.6 Å². The predicted molar refractivity (Wildman–Crippen MR) is 109 cm³/mol. The van der Waals surface area contributed by atoms with Crippen LogP contribution in [-0.4, -0.2) is 61.5 Å². The van der Waals surface area contributed by atoms with Crippen LogP contribution in [0, 0.1) is 12.8 Å². The van der Waals surface area contributed by atoms with E-state index in [1.165, 1.54) is 20.0 Å². The Hall–Kier alpha value is -2.41. The van der Waals surface area contributed by atoms with Gasteiger partial charge in [-0.1, -0.05) is 17.7 Å². The monoisotopic (exact) mass is 401 g/mol. The smallest absolute Gasteiger partial charge is 0.325 e. The Balaban J connectivity index is 1.52. The average molecular weight is 402 g/mol. The number of rotatable bonds is 9. The van der Waals surface area contributed by atoms with Crippen LogP contribution in [0.3, 0.4) is 0 Å². The minimum atomic E-state index is -0.448. The standard InChI is InChI=1S/C22H31N3O4/c1-15-3-7-17(8-4-15)22(28)24-12-19-10-9-18(25(19)14-16-5-6-16)11-20(26)23-13-21(27)29-2/h3-4,7-8,16,18-19H,5-6,9-14H2,1-2H3,(H,23,26)(H,24,28)/t18-,19+/m1/s1. The predicted octanol–water partition coefficient (Wildman–Crippen LogP) is 1.65. The van der Waals surface area contributed by atoms with Crippen molar-refractivity contribution in [2.24, 2.45) is 5.92 Å². The summed E-state index contributed by atoms with van der Waals surface area (Å²) in [6.07, 6.45) is 4.71. The highest BCUT2D eigenvalue weighted by Gasteiger charge is 2.38. The van der Waals surface area contributed by atoms with E-state index in [0.29, 0.717) is 24.4 Å². The maximum absolute atomic E-state index is 12.5. The SMILES string of the molecule is COC(=O)CNC(=O)C[C@H]1CC[C@@H](CNC(=O)c2ccc(C)cc2)N1CC1CC1. The summed E-state index contributed by atoms with van der Waals surface area (Å²) in [6.45, 7) is 3.46. The molecule has 7 nitrogen and oxygen atoms in total. The van der Waals surface area contributed by atoms with Gasteiger partial charge in [-0.15, -0.1) is 0 Å². The first-order valence-electron chi connectivity index (χ1n) is 10.4. The number of ether oxygens (including phenoxy) is 1. The number of hydrogen-bond donors (Lipinski definition) is 2. The molecule has 1 saturated heterocycles. The van der Waals surface area contributed by atoms with Gasteiger partial charge in [0.2, 0.25) is 5.91 Å². The van der Waals surface area contributed by atoms with Crippen LogP contribution in [0.1, 0.15) is 48.0 Å². The molecule has 29 heavy (non-hydrogen) atoms. The number of nitrogens with one attached hydrogen (secondary N) is 2. The molecule has 7 heteroatoms. The molecule has 1 saturated carbocycles. The minimum Gasteiger partial charge on any atom is -0.468 e. The van der Waals surface area contributed by atoms with Gasteiger partial charge in [0.05, 0.1) is 7.11 Å². The van der Waals surface area contributed by atoms with Crippen LogP contribution in [-0.2, 0) is 14.3 Å². The molecule has 2 amide bonds. The molecule has 1 aromatic rings. The third-order valence-electron chi connectivity index (χ3n) is 5.83. The molecule has 0 radical (unpaired) electrons. The van der Waals surface area contributed by atoms with Crippen molar-refractivity contribution in [3.63, 3.8) is 0 Å². The Labute approximate surface area is 172 Å². The quantitative estimate of drug-likeness (QED) is 0.615. The van der Waals surface area contributed by atoms with E-state index in [2.05, 4.69) is 20.3 Å². The molecule has 2 N–H and O–H groups in total. The number of carbonyl (C=O) groups is 3. The number of likely N-dealkylation sites (tertiary alicyclic amines) is 1. The average Bonchev–Trinajstić information content (AvgIpc) is 3.46. The van der Waals surface area contributed by atoms with Gasteiger partial charge in [-0.05, 0) is 50.7 Å². The molecule has 0 bridgehead atoms. The van der Waals surface area contributed by atoms with Crippen molar-refractivity contribution >= 4 is 17.8 Å². The van der Waals surface area contributed by atoms with Gasteiger partial charge in [-0.3, -0.25) is 19.3 Å². The van der Waals surface area contributed by atoms with Crippen molar-refractivity contribution in [1.82, 2.24) is 15.5 Å². The maximum Gasteiger partial charge on any atom is 0.325 e. The molecule has 2 aliphatic rings. The summed E-state index contributed by atoms with van der Waals surface area (Å²) in [5.74, 6) is 0.0570. The summed E-state index contributed by atoms with van der Waals surface area (Å²) in [5.41, 5.74) is 1.79. The van der Waals surface area contributed by atoms with Crippen molar-refractivity contribution in [3.8, 4) is 0 Å². The summed E-state index contributed by atoms with van der Waals surface area (Å²) >= 11 is 0. The lowest BCUT2D eigenvalue weighted by molar-refractivity contribution is -0.141. The lowest BCUT2D eigenvalue weighted by atomic mass is 10.1. The summed E-state index contributed by atoms with van der Waals surface area (Å²) in [7, 11) is 1.30. The molecule has 2 fully saturated rings. The van der Waals surface area contributed by atoms with Crippen LogP contribution in [0.25, 0.3) is 0 Å². The molecule has 0 spiro atoms. The summed E-state index contributed by atoms with van der Waals surface area (Å²) in [5, 5.41) is 5.69. The molecule has 1 aliphatic heterocycles. The molecule has 2 atom stereocenters. The summed E-state index contributed by atoms with van der Waals surface area (Å²) in [4.78, 5) is 38.3. The molecule has 1 heterocycles. The van der Waals surface area contributed by atoms with Gasteiger partial charge < -0.3 is 15.4 Å². The number of hydrogen-bond acceptors (Lipinski definition) is 5. The van der Waals surface area contributed by atoms with E-state index in [9.17, 15) is 14.4 Å². The molecule has 0 unspecified atom stereocenters. The van der Waals surface area contributed by atoms with E-state index in [1.54, 1.807) is 0 Å². The zero-order valence-electron chi connectivity index (χ0n) is 17.3. The zero-order chi connectivity index (χ0) is 20.8. The van der Waals surface area contributed by atoms with Gasteiger partial charge in [0.25, 0.3) is 5.91 Å². The first kappa shape index (κ1) is 21.3. The van der Waals surface area contributed by atoms with Crippen molar-refractivity contribution in [2.75, 3.05) is 26.7 Å². The van der Waals surface area contributed by atoms with Gasteiger partial charge in [0.15, 0.2) is 0 Å². The lowest BCUT2D eigenvalue weighted by Crippen LogP contribution is -2.45. The number of esters is 1. The van der Waals surface area contributed by atoms with Crippen molar-refractivity contribution < 1.29 is 19.1 Å². The fourth-order valence-corrected chi connectivity index (χ4v) is 3.90. The van der Waals surface area contributed by atoms with E-state index in [4.69, 9.17) is 0 Å². The normalized spacial score (nSPS) is 21.6. The maximum atomic E-state index is 12.5. The van der Waals surface area contributed by atoms with Gasteiger partial charge in [-0.2, -0.15) is 0 Å². The second-order valence-electron chi connectivity index (χ2n) is 8.16. The van der Waals surface area contributed by atoms with Gasteiger partial charge in [-0.25, -0.2) is 0 Å². The molecule has 1 aliphatic carbocycles. The topological polar surface area (TPSA) is 87.7 Å². The minimum absolute atomic E-state index is 0.0596. The fraction of sp³-hybridized carbons (Fsp3) is 0.591. The van der Waals surface area contributed by atoms with E-state index < -0.39 is 5.97 Å². The Kier molecular flexibility index (Phi) is 7.25. The number of aryl methyl sites for hydroxylation is 1. The fourth-order valence-electron chi connectivity index (χ4n) is 3.90. The molecule has 158 valence electrons. The van der Waals surface area contributed by atoms with E-state index in [1.807, 2.05) is 31.2 Å². The second kappa shape index (κ2) is 9.87. The van der Waals surface area contributed by atoms with Crippen molar-refractivity contribution in [2.45, 2.75) is 51.1 Å². The van der Waals surface area contributed by atoms with Crippen LogP contribution in [0.4, 0.5) is 0 Å². The highest BCUT2D eigenvalue weighted by molar-refractivity contribution is 5.94. The van der Waals surface area contributed by atoms with Gasteiger partial charge in [0.1, 0.15) is 6.54 Å². The van der Waals surface area contributed by atoms with Gasteiger partial charge >= 0.3 is 5.97 Å². The summed E-state index contributed by atoms with van der Waals surface area (Å²) in [6, 6.07) is 7.95. The van der Waals surface area contributed by atoms with Crippen LogP contribution in [0.15, 0.2) is 24.3 Å². The van der Waals surface area contributed by atoms with E-state index in [-0.39, 0.29) is 30.4 Å². The summed E-state index contributed by atoms with van der Waals surface area (Å²) < 4.78 is 4.56. The lowest BCUT2D eigenvalue weighted by Gasteiger charge is -2.30. The van der Waals surface area contributed by atoms with Crippen molar-refractivity contribution in [1.29, 1.82) is 0 Å². The highest BCUT2D eigenvalue weighted by Crippen LogP contribution is 2.35. The largest absolute Gasteiger partial charge is 0.468 e. The van der Waals surface area contributed by atoms with Gasteiger partial charge in [0, 0.05) is 37.2 Å². The molecule has 0 aromatic heterocycles. The van der Waals surface area contributed by atoms with Crippen LogP contribution >= 0.6 is 0 Å². The second-order valence-corrected chi connectivity index (χ2v) is 8.16. The highest BCUT2D eigenvalue weighted by atomic mass is 16.5. The molecular weight excluding hydrogens is 370 g/mol. The molecule has 3 rings (SSSR count). The van der Waals surface area contributed by atoms with Crippen LogP contribution in [0.5, 0.6) is 0 Å². The third-order valence-corrected chi connectivity index (χ3v) is 5.83. The Morgan fingerprint density at radius 2 is 1.72 bits per heavy atom. The van der Waals surface area contributed by atoms with Crippen LogP contribution in [0.2, 0.25) is 0 Å². The number of nitrogens with zero attached hydrogens (tertiary/aromatic N) is 1. The van der Waals surface area contributed by atoms with E-state index >= 15 is 0 Å². The molecular formula is C22H31N3O4. The van der Waals surface area contributed by atoms with Crippen molar-refractivity contribution in [3.05, 3.63) is 35.4 Å². The molecule has 1 aromatic carbocycles. The van der Waals surface area contributed by atoms with E-state index in [0.717, 1.165) is 24.9 Å². The Morgan fingerprint density at radius 1 is 1.03 bits per heavy atom. The Morgan fingerprint density at radius 3 is 2.38 bits per heavy atom.